The fraction of sp³-hybridized carbons (Fsp3) is 0.162. The van der Waals surface area contributed by atoms with Crippen molar-refractivity contribution in [1.29, 1.82) is 0 Å². The summed E-state index contributed by atoms with van der Waals surface area (Å²) in [4.78, 5) is 13.2. The second-order valence-corrected chi connectivity index (χ2v) is 20.8. The number of rotatable bonds is 21. The minimum Gasteiger partial charge on any atom is -0.494 e. The van der Waals surface area contributed by atoms with E-state index in [0.717, 1.165) is 6.07 Å². The summed E-state index contributed by atoms with van der Waals surface area (Å²) in [5.41, 5.74) is 1.36. The molecule has 0 bridgehead atoms. The van der Waals surface area contributed by atoms with Crippen LogP contribution < -0.4 is 25.0 Å². The molecule has 1 saturated heterocycles. The number of azo groups is 2. The minimum atomic E-state index is -4.97. The Morgan fingerprint density at radius 3 is 1.87 bits per heavy atom. The molecule has 0 radical (unpaired) electrons. The molecule has 1 aliphatic heterocycles. The molecular formula is C37H34N10O17S5. The highest BCUT2D eigenvalue weighted by Crippen LogP contribution is 2.37. The standard InChI is InChI=1S/C37H34N10O17S5/c1-61-31-17-24(45-44-23-7-6-21-14-27(67(52,53)54)19-33(28(21)16-23)68(55,56)57)8-10-29(31)38-35-40-36(42-37(41-35)47-20-34(47)69(58,59)60)39-30-11-9-25(18-32(30)62-12-3-13-66(49,50)51)46-43-22-4-2-5-26(15-22)65-64-63-48/h2,4-11,14-19,34,48H,3,12-13,20H2,1H3,(H,49,50,51)(H,52,53,54)(H,55,56,57)(H,58,59,60)(H2,38,39,40,41,42). The molecule has 1 aromatic heterocycles. The van der Waals surface area contributed by atoms with Gasteiger partial charge in [0.1, 0.15) is 16.4 Å². The van der Waals surface area contributed by atoms with Gasteiger partial charge in [0, 0.05) is 22.4 Å². The van der Waals surface area contributed by atoms with E-state index in [1.807, 2.05) is 0 Å². The second-order valence-electron chi connectivity index (χ2n) is 14.1. The van der Waals surface area contributed by atoms with Crippen LogP contribution in [-0.4, -0.2) is 103 Å². The van der Waals surface area contributed by atoms with Crippen LogP contribution in [0.3, 0.4) is 0 Å². The summed E-state index contributed by atoms with van der Waals surface area (Å²) in [5.74, 6) is -0.918. The molecule has 1 unspecified atom stereocenters. The Morgan fingerprint density at radius 2 is 1.30 bits per heavy atom. The molecule has 1 aliphatic rings. The monoisotopic (exact) mass is 1050 g/mol. The van der Waals surface area contributed by atoms with Crippen LogP contribution in [0, 0.1) is 0 Å². The van der Waals surface area contributed by atoms with Crippen molar-refractivity contribution in [3.05, 3.63) is 91.0 Å². The molecule has 5 aromatic carbocycles. The largest absolute Gasteiger partial charge is 0.494 e. The molecule has 7 N–H and O–H groups in total. The molecular weight excluding hydrogens is 1020 g/mol. The molecule has 0 saturated carbocycles. The van der Waals surface area contributed by atoms with E-state index >= 15 is 0 Å². The van der Waals surface area contributed by atoms with Crippen molar-refractivity contribution >= 4 is 115 Å². The summed E-state index contributed by atoms with van der Waals surface area (Å²) in [6.07, 6.45) is -0.115. The van der Waals surface area contributed by atoms with Crippen LogP contribution in [-0.2, 0) is 49.8 Å². The zero-order chi connectivity index (χ0) is 49.7. The number of benzene rings is 5. The van der Waals surface area contributed by atoms with E-state index in [0.29, 0.717) is 28.7 Å². The Bertz CT molecular complexity index is 3460. The maximum absolute atomic E-state index is 12.1. The number of nitrogens with one attached hydrogen (secondary N) is 2. The van der Waals surface area contributed by atoms with Gasteiger partial charge in [-0.2, -0.15) is 69.1 Å². The molecule has 1 atom stereocenters. The lowest BCUT2D eigenvalue weighted by molar-refractivity contribution is -0.432. The lowest BCUT2D eigenvalue weighted by Gasteiger charge is -2.15. The first kappa shape index (κ1) is 50.3. The third-order valence-electron chi connectivity index (χ3n) is 9.23. The van der Waals surface area contributed by atoms with Gasteiger partial charge in [-0.3, -0.25) is 18.2 Å². The molecule has 2 heterocycles. The second kappa shape index (κ2) is 20.6. The molecule has 0 spiro atoms. The van der Waals surface area contributed by atoms with Gasteiger partial charge in [-0.25, -0.2) is 5.26 Å². The fourth-order valence-corrected chi connectivity index (χ4v) is 9.10. The Kier molecular flexibility index (Phi) is 15.0. The summed E-state index contributed by atoms with van der Waals surface area (Å²) < 4.78 is 149. The predicted molar refractivity (Wildman–Crippen MR) is 244 cm³/mol. The van der Waals surface area contributed by atoms with E-state index < -0.39 is 61.4 Å². The molecule has 0 aliphatic carbocycles. The normalized spacial score (nSPS) is 14.4. The van der Waals surface area contributed by atoms with Crippen molar-refractivity contribution < 1.29 is 76.0 Å². The van der Waals surface area contributed by atoms with E-state index in [1.54, 1.807) is 24.3 Å². The van der Waals surface area contributed by atoms with E-state index in [2.05, 4.69) is 55.4 Å². The molecule has 69 heavy (non-hydrogen) atoms. The van der Waals surface area contributed by atoms with Gasteiger partial charge < -0.3 is 25.0 Å². The first-order chi connectivity index (χ1) is 32.6. The minimum absolute atomic E-state index is 0.0432. The fourth-order valence-electron chi connectivity index (χ4n) is 6.09. The van der Waals surface area contributed by atoms with Gasteiger partial charge in [-0.1, -0.05) is 17.2 Å². The number of hydrogen-bond donors (Lipinski definition) is 7. The van der Waals surface area contributed by atoms with Gasteiger partial charge in [-0.15, -0.1) is 4.33 Å². The highest BCUT2D eigenvalue weighted by molar-refractivity contribution is 7.94. The van der Waals surface area contributed by atoms with Crippen LogP contribution in [0.25, 0.3) is 10.8 Å². The van der Waals surface area contributed by atoms with Crippen molar-refractivity contribution in [3.8, 4) is 11.5 Å². The third kappa shape index (κ3) is 13.6. The first-order valence-electron chi connectivity index (χ1n) is 19.1. The topological polar surface area (TPSA) is 390 Å². The van der Waals surface area contributed by atoms with E-state index in [1.165, 1.54) is 66.6 Å². The summed E-state index contributed by atoms with van der Waals surface area (Å²) >= 11 is 0.711. The number of anilines is 5. The zero-order valence-electron chi connectivity index (χ0n) is 34.8. The summed E-state index contributed by atoms with van der Waals surface area (Å²) in [5, 5.41) is 33.3. The molecule has 1 fully saturated rings. The molecule has 27 nitrogen and oxygen atoms in total. The lowest BCUT2D eigenvalue weighted by Crippen LogP contribution is -2.15. The quantitative estimate of drug-likeness (QED) is 0.00728. The van der Waals surface area contributed by atoms with E-state index in [9.17, 15) is 51.9 Å². The maximum atomic E-state index is 12.1. The van der Waals surface area contributed by atoms with Crippen LogP contribution in [0.4, 0.5) is 52.0 Å². The van der Waals surface area contributed by atoms with Crippen molar-refractivity contribution in [2.75, 3.05) is 41.5 Å². The summed E-state index contributed by atoms with van der Waals surface area (Å²) in [6.45, 7) is -0.371. The van der Waals surface area contributed by atoms with Crippen molar-refractivity contribution in [2.45, 2.75) is 26.5 Å². The Hall–Kier alpha value is -6.56. The molecule has 7 rings (SSSR count). The number of fused-ring (bicyclic) bond motifs is 1. The number of nitrogens with zero attached hydrogens (tertiary/aromatic N) is 8. The van der Waals surface area contributed by atoms with Crippen molar-refractivity contribution in [3.63, 3.8) is 0 Å². The van der Waals surface area contributed by atoms with Gasteiger partial charge in [0.05, 0.1) is 77.1 Å². The average Bonchev–Trinajstić information content (AvgIpc) is 4.11. The molecule has 32 heteroatoms. The third-order valence-corrected chi connectivity index (χ3v) is 13.4. The molecule has 6 aromatic rings. The van der Waals surface area contributed by atoms with Crippen LogP contribution in [0.5, 0.6) is 11.5 Å². The van der Waals surface area contributed by atoms with Crippen LogP contribution >= 0.6 is 12.0 Å². The lowest BCUT2D eigenvalue weighted by atomic mass is 10.1. The number of aromatic nitrogens is 3. The summed E-state index contributed by atoms with van der Waals surface area (Å²) in [7, 11) is -17.3. The van der Waals surface area contributed by atoms with Gasteiger partial charge in [0.25, 0.3) is 40.5 Å². The van der Waals surface area contributed by atoms with Crippen LogP contribution in [0.1, 0.15) is 6.42 Å². The molecule has 364 valence electrons. The van der Waals surface area contributed by atoms with E-state index in [-0.39, 0.29) is 88.1 Å². The van der Waals surface area contributed by atoms with Crippen molar-refractivity contribution in [2.24, 2.45) is 20.5 Å². The highest BCUT2D eigenvalue weighted by atomic mass is 32.2. The maximum Gasteiger partial charge on any atom is 0.295 e. The van der Waals surface area contributed by atoms with Crippen molar-refractivity contribution in [1.82, 2.24) is 15.0 Å². The Balaban J connectivity index is 1.17. The van der Waals surface area contributed by atoms with Gasteiger partial charge in [0.15, 0.2) is 5.37 Å². The Morgan fingerprint density at radius 1 is 0.710 bits per heavy atom. The number of hydrogen-bond acceptors (Lipinski definition) is 24. The van der Waals surface area contributed by atoms with Gasteiger partial charge >= 0.3 is 0 Å². The average molecular weight is 1050 g/mol. The molecule has 0 amide bonds. The van der Waals surface area contributed by atoms with Gasteiger partial charge in [-0.05, 0) is 78.5 Å². The SMILES string of the molecule is COc1cc(N=Nc2ccc3cc(S(=O)(=O)O)cc(S(=O)(=O)O)c3c2)ccc1Nc1nc(Nc2ccc(N=Nc3cccc(SOOO)c3)cc2OCCCS(=O)(=O)O)nc(N2CC2S(=O)(=O)O)n1. The summed E-state index contributed by atoms with van der Waals surface area (Å²) in [6, 6.07) is 20.9. The Labute approximate surface area is 395 Å². The number of ether oxygens (including phenoxy) is 2. The van der Waals surface area contributed by atoms with Crippen LogP contribution in [0.2, 0.25) is 0 Å². The smallest absolute Gasteiger partial charge is 0.295 e. The number of methoxy groups -OCH3 is 1. The first-order valence-corrected chi connectivity index (χ1v) is 25.8. The van der Waals surface area contributed by atoms with Gasteiger partial charge in [0.2, 0.25) is 17.8 Å². The van der Waals surface area contributed by atoms with E-state index in [4.69, 9.17) is 14.7 Å². The zero-order valence-corrected chi connectivity index (χ0v) is 38.9. The van der Waals surface area contributed by atoms with Crippen LogP contribution in [0.15, 0.2) is 126 Å². The predicted octanol–water partition coefficient (Wildman–Crippen LogP) is 6.96. The highest BCUT2D eigenvalue weighted by Gasteiger charge is 2.46.